The maximum atomic E-state index is 13.5. The summed E-state index contributed by atoms with van der Waals surface area (Å²) in [5, 5.41) is 11.6. The molecule has 1 heterocycles. The van der Waals surface area contributed by atoms with Crippen LogP contribution in [-0.2, 0) is 14.8 Å². The number of carbonyl (C=O) groups is 1. The highest BCUT2D eigenvalue weighted by molar-refractivity contribution is 7.92. The first-order valence-corrected chi connectivity index (χ1v) is 12.5. The summed E-state index contributed by atoms with van der Waals surface area (Å²) < 4.78 is 41.1. The van der Waals surface area contributed by atoms with Gasteiger partial charge in [-0.15, -0.1) is 10.2 Å². The first kappa shape index (κ1) is 23.5. The molecule has 10 heteroatoms. The summed E-state index contributed by atoms with van der Waals surface area (Å²) in [5.74, 6) is -1.12. The van der Waals surface area contributed by atoms with Gasteiger partial charge < -0.3 is 0 Å². The Morgan fingerprint density at radius 2 is 1.50 bits per heavy atom. The molecular formula is C24H21FN4O3S2. The number of anilines is 2. The Labute approximate surface area is 201 Å². The van der Waals surface area contributed by atoms with Crippen LogP contribution in [-0.4, -0.2) is 31.1 Å². The molecule has 0 fully saturated rings. The summed E-state index contributed by atoms with van der Waals surface area (Å²) in [6.45, 7) is 3.29. The SMILES string of the molecule is Cc1ccc(-c2nnc(NC(=O)CN(c3ccc(F)cc3)S(=O)(=O)c3ccc(C)cc3)s2)cc1. The minimum atomic E-state index is -4.10. The molecular weight excluding hydrogens is 475 g/mol. The highest BCUT2D eigenvalue weighted by Crippen LogP contribution is 2.27. The zero-order chi connectivity index (χ0) is 24.3. The number of aryl methyl sites for hydroxylation is 2. The van der Waals surface area contributed by atoms with Crippen LogP contribution < -0.4 is 9.62 Å². The molecule has 0 atom stereocenters. The Morgan fingerprint density at radius 3 is 2.12 bits per heavy atom. The fraction of sp³-hybridized carbons (Fsp3) is 0.125. The number of rotatable bonds is 7. The van der Waals surface area contributed by atoms with Gasteiger partial charge in [0.25, 0.3) is 10.0 Å². The minimum absolute atomic E-state index is 0.0211. The van der Waals surface area contributed by atoms with E-state index in [0.29, 0.717) is 5.01 Å². The van der Waals surface area contributed by atoms with Crippen molar-refractivity contribution < 1.29 is 17.6 Å². The van der Waals surface area contributed by atoms with Gasteiger partial charge in [0.05, 0.1) is 10.6 Å². The molecule has 0 aliphatic rings. The van der Waals surface area contributed by atoms with E-state index in [0.717, 1.165) is 33.1 Å². The Hall–Kier alpha value is -3.63. The van der Waals surface area contributed by atoms with E-state index in [2.05, 4.69) is 15.5 Å². The van der Waals surface area contributed by atoms with E-state index in [1.54, 1.807) is 12.1 Å². The summed E-state index contributed by atoms with van der Waals surface area (Å²) in [5.41, 5.74) is 3.02. The number of carbonyl (C=O) groups excluding carboxylic acids is 1. The summed E-state index contributed by atoms with van der Waals surface area (Å²) >= 11 is 1.18. The molecule has 0 unspecified atom stereocenters. The third-order valence-corrected chi connectivity index (χ3v) is 7.66. The van der Waals surface area contributed by atoms with Crippen LogP contribution in [0.15, 0.2) is 77.7 Å². The van der Waals surface area contributed by atoms with Crippen molar-refractivity contribution in [3.05, 3.63) is 89.7 Å². The molecule has 0 aliphatic heterocycles. The minimum Gasteiger partial charge on any atom is -0.299 e. The molecule has 0 aliphatic carbocycles. The van der Waals surface area contributed by atoms with Crippen molar-refractivity contribution in [1.29, 1.82) is 0 Å². The Balaban J connectivity index is 1.58. The Morgan fingerprint density at radius 1 is 0.912 bits per heavy atom. The number of nitrogens with zero attached hydrogens (tertiary/aromatic N) is 3. The van der Waals surface area contributed by atoms with Crippen LogP contribution >= 0.6 is 11.3 Å². The zero-order valence-electron chi connectivity index (χ0n) is 18.4. The fourth-order valence-corrected chi connectivity index (χ4v) is 5.32. The lowest BCUT2D eigenvalue weighted by Gasteiger charge is -2.24. The van der Waals surface area contributed by atoms with Crippen molar-refractivity contribution in [2.75, 3.05) is 16.2 Å². The standard InChI is InChI=1S/C24H21FN4O3S2/c1-16-3-7-18(8-4-16)23-27-28-24(33-23)26-22(30)15-29(20-11-9-19(25)10-12-20)34(31,32)21-13-5-17(2)6-14-21/h3-14H,15H2,1-2H3,(H,26,28,30). The molecule has 1 N–H and O–H groups in total. The highest BCUT2D eigenvalue weighted by atomic mass is 32.2. The van der Waals surface area contributed by atoms with Gasteiger partial charge in [0.15, 0.2) is 0 Å². The number of hydrogen-bond acceptors (Lipinski definition) is 6. The monoisotopic (exact) mass is 496 g/mol. The van der Waals surface area contributed by atoms with E-state index in [9.17, 15) is 17.6 Å². The number of aromatic nitrogens is 2. The summed E-state index contributed by atoms with van der Waals surface area (Å²) in [6, 6.07) is 18.9. The molecule has 4 aromatic rings. The number of sulfonamides is 1. The van der Waals surface area contributed by atoms with Crippen molar-refractivity contribution in [3.8, 4) is 10.6 Å². The van der Waals surface area contributed by atoms with Crippen molar-refractivity contribution in [2.45, 2.75) is 18.7 Å². The molecule has 0 radical (unpaired) electrons. The van der Waals surface area contributed by atoms with E-state index in [4.69, 9.17) is 0 Å². The number of benzene rings is 3. The van der Waals surface area contributed by atoms with Gasteiger partial charge in [-0.3, -0.25) is 14.4 Å². The second-order valence-corrected chi connectivity index (χ2v) is 10.5. The topological polar surface area (TPSA) is 92.3 Å². The van der Waals surface area contributed by atoms with Crippen LogP contribution in [0.5, 0.6) is 0 Å². The molecule has 174 valence electrons. The van der Waals surface area contributed by atoms with Gasteiger partial charge in [0.1, 0.15) is 17.4 Å². The molecule has 0 saturated carbocycles. The lowest BCUT2D eigenvalue weighted by atomic mass is 10.2. The first-order valence-electron chi connectivity index (χ1n) is 10.3. The number of nitrogens with one attached hydrogen (secondary N) is 1. The van der Waals surface area contributed by atoms with Gasteiger partial charge in [-0.05, 0) is 50.2 Å². The van der Waals surface area contributed by atoms with Crippen LogP contribution in [0.25, 0.3) is 10.6 Å². The molecule has 0 saturated heterocycles. The van der Waals surface area contributed by atoms with Crippen molar-refractivity contribution >= 4 is 38.1 Å². The van der Waals surface area contributed by atoms with E-state index < -0.39 is 28.3 Å². The van der Waals surface area contributed by atoms with Gasteiger partial charge >= 0.3 is 0 Å². The summed E-state index contributed by atoms with van der Waals surface area (Å²) in [6.07, 6.45) is 0. The normalized spacial score (nSPS) is 11.3. The molecule has 34 heavy (non-hydrogen) atoms. The highest BCUT2D eigenvalue weighted by Gasteiger charge is 2.27. The van der Waals surface area contributed by atoms with Gasteiger partial charge in [-0.25, -0.2) is 12.8 Å². The van der Waals surface area contributed by atoms with Crippen LogP contribution in [0.1, 0.15) is 11.1 Å². The number of hydrogen-bond donors (Lipinski definition) is 1. The molecule has 3 aromatic carbocycles. The average Bonchev–Trinajstić information content (AvgIpc) is 3.27. The van der Waals surface area contributed by atoms with Crippen LogP contribution in [0.3, 0.4) is 0 Å². The van der Waals surface area contributed by atoms with E-state index in [-0.39, 0.29) is 15.7 Å². The molecule has 0 spiro atoms. The third-order valence-electron chi connectivity index (χ3n) is 4.98. The smallest absolute Gasteiger partial charge is 0.264 e. The number of amides is 1. The van der Waals surface area contributed by atoms with Crippen LogP contribution in [0, 0.1) is 19.7 Å². The lowest BCUT2D eigenvalue weighted by molar-refractivity contribution is -0.114. The van der Waals surface area contributed by atoms with E-state index in [1.165, 1.54) is 35.6 Å². The average molecular weight is 497 g/mol. The van der Waals surface area contributed by atoms with Crippen molar-refractivity contribution in [2.24, 2.45) is 0 Å². The maximum absolute atomic E-state index is 13.5. The molecule has 7 nitrogen and oxygen atoms in total. The summed E-state index contributed by atoms with van der Waals surface area (Å²) in [7, 11) is -4.10. The zero-order valence-corrected chi connectivity index (χ0v) is 20.0. The quantitative estimate of drug-likeness (QED) is 0.397. The number of halogens is 1. The Kier molecular flexibility index (Phi) is 6.71. The molecule has 4 rings (SSSR count). The van der Waals surface area contributed by atoms with E-state index in [1.807, 2.05) is 38.1 Å². The van der Waals surface area contributed by atoms with Gasteiger partial charge in [0, 0.05) is 5.56 Å². The second-order valence-electron chi connectivity index (χ2n) is 7.63. The van der Waals surface area contributed by atoms with Gasteiger partial charge in [-0.2, -0.15) is 0 Å². The predicted octanol–water partition coefficient (Wildman–Crippen LogP) is 4.80. The molecule has 0 bridgehead atoms. The first-order chi connectivity index (χ1) is 16.2. The molecule has 1 amide bonds. The van der Waals surface area contributed by atoms with Gasteiger partial charge in [0.2, 0.25) is 11.0 Å². The predicted molar refractivity (Wildman–Crippen MR) is 131 cm³/mol. The van der Waals surface area contributed by atoms with E-state index >= 15 is 0 Å². The van der Waals surface area contributed by atoms with Crippen LogP contribution in [0.2, 0.25) is 0 Å². The Bertz CT molecular complexity index is 1400. The van der Waals surface area contributed by atoms with Crippen LogP contribution in [0.4, 0.5) is 15.2 Å². The lowest BCUT2D eigenvalue weighted by Crippen LogP contribution is -2.38. The maximum Gasteiger partial charge on any atom is 0.264 e. The van der Waals surface area contributed by atoms with Crippen molar-refractivity contribution in [1.82, 2.24) is 10.2 Å². The summed E-state index contributed by atoms with van der Waals surface area (Å²) in [4.78, 5) is 12.9. The largest absolute Gasteiger partial charge is 0.299 e. The second kappa shape index (κ2) is 9.70. The van der Waals surface area contributed by atoms with Crippen molar-refractivity contribution in [3.63, 3.8) is 0 Å². The van der Waals surface area contributed by atoms with Gasteiger partial charge in [-0.1, -0.05) is 58.9 Å². The molecule has 1 aromatic heterocycles. The fourth-order valence-electron chi connectivity index (χ4n) is 3.14. The third kappa shape index (κ3) is 5.29.